The lowest BCUT2D eigenvalue weighted by Gasteiger charge is -1.91. The molecule has 1 aromatic rings. The number of phenols is 2. The number of halogens is 1. The number of carboxylic acid groups (broad SMARTS) is 1. The van der Waals surface area contributed by atoms with Crippen LogP contribution in [0, 0.1) is 0 Å². The summed E-state index contributed by atoms with van der Waals surface area (Å²) < 4.78 is 0. The van der Waals surface area contributed by atoms with Crippen LogP contribution in [0.15, 0.2) is 36.9 Å². The lowest BCUT2D eigenvalue weighted by Crippen LogP contribution is -1.82. The van der Waals surface area contributed by atoms with Crippen molar-refractivity contribution in [3.63, 3.8) is 0 Å². The van der Waals surface area contributed by atoms with E-state index in [4.69, 9.17) is 15.3 Å². The van der Waals surface area contributed by atoms with E-state index in [-0.39, 0.29) is 23.9 Å². The van der Waals surface area contributed by atoms with E-state index in [1.54, 1.807) is 12.1 Å². The molecule has 0 aliphatic heterocycles. The van der Waals surface area contributed by atoms with Gasteiger partial charge in [0, 0.05) is 6.08 Å². The van der Waals surface area contributed by atoms with E-state index in [0.717, 1.165) is 6.08 Å². The molecule has 3 N–H and O–H groups in total. The molecule has 0 bridgehead atoms. The summed E-state index contributed by atoms with van der Waals surface area (Å²) >= 11 is 0. The van der Waals surface area contributed by atoms with Crippen molar-refractivity contribution >= 4 is 18.4 Å². The quantitative estimate of drug-likeness (QED) is 0.496. The van der Waals surface area contributed by atoms with Crippen molar-refractivity contribution in [1.82, 2.24) is 0 Å². The molecule has 1 aromatic carbocycles. The lowest BCUT2D eigenvalue weighted by atomic mass is 10.3. The molecule has 0 aliphatic carbocycles. The number of aromatic hydroxyl groups is 2. The van der Waals surface area contributed by atoms with Crippen LogP contribution in [0.25, 0.3) is 0 Å². The molecule has 0 radical (unpaired) electrons. The Morgan fingerprint density at radius 2 is 1.50 bits per heavy atom. The Morgan fingerprint density at radius 1 is 1.21 bits per heavy atom. The molecule has 5 heteroatoms. The number of rotatable bonds is 1. The molecule has 0 spiro atoms. The Hall–Kier alpha value is -1.68. The maximum Gasteiger partial charge on any atom is 0.327 e. The SMILES string of the molecule is C=CC(=O)O.Cl.Oc1ccccc1O. The number of carboxylic acids is 1. The lowest BCUT2D eigenvalue weighted by molar-refractivity contribution is -0.131. The van der Waals surface area contributed by atoms with E-state index >= 15 is 0 Å². The number of carbonyl (C=O) groups is 1. The molecular formula is C9H11ClO4. The maximum absolute atomic E-state index is 9.25. The topological polar surface area (TPSA) is 77.8 Å². The van der Waals surface area contributed by atoms with E-state index in [2.05, 4.69) is 6.58 Å². The van der Waals surface area contributed by atoms with Gasteiger partial charge in [0.15, 0.2) is 11.5 Å². The first-order chi connectivity index (χ1) is 6.07. The van der Waals surface area contributed by atoms with Gasteiger partial charge >= 0.3 is 5.97 Å². The van der Waals surface area contributed by atoms with Crippen LogP contribution >= 0.6 is 12.4 Å². The zero-order valence-electron chi connectivity index (χ0n) is 7.25. The van der Waals surface area contributed by atoms with E-state index < -0.39 is 5.97 Å². The number of hydrogen-bond acceptors (Lipinski definition) is 3. The molecule has 14 heavy (non-hydrogen) atoms. The van der Waals surface area contributed by atoms with Crippen LogP contribution in [0.4, 0.5) is 0 Å². The maximum atomic E-state index is 9.25. The van der Waals surface area contributed by atoms with Crippen LogP contribution < -0.4 is 0 Å². The fraction of sp³-hybridized carbons (Fsp3) is 0. The molecule has 0 fully saturated rings. The summed E-state index contributed by atoms with van der Waals surface area (Å²) in [7, 11) is 0. The summed E-state index contributed by atoms with van der Waals surface area (Å²) in [6.07, 6.45) is 0.833. The van der Waals surface area contributed by atoms with Gasteiger partial charge < -0.3 is 15.3 Å². The molecule has 0 heterocycles. The molecule has 0 unspecified atom stereocenters. The van der Waals surface area contributed by atoms with Crippen molar-refractivity contribution in [3.05, 3.63) is 36.9 Å². The summed E-state index contributed by atoms with van der Waals surface area (Å²) in [5, 5.41) is 24.9. The fourth-order valence-corrected chi connectivity index (χ4v) is 0.464. The first-order valence-electron chi connectivity index (χ1n) is 3.40. The molecule has 0 aromatic heterocycles. The van der Waals surface area contributed by atoms with Gasteiger partial charge in [0.1, 0.15) is 0 Å². The molecule has 0 amide bonds. The average Bonchev–Trinajstić information content (AvgIpc) is 2.11. The highest BCUT2D eigenvalue weighted by Crippen LogP contribution is 2.21. The molecule has 1 rings (SSSR count). The van der Waals surface area contributed by atoms with Gasteiger partial charge in [0.05, 0.1) is 0 Å². The monoisotopic (exact) mass is 218 g/mol. The second-order valence-electron chi connectivity index (χ2n) is 2.03. The van der Waals surface area contributed by atoms with Crippen LogP contribution in [0.5, 0.6) is 11.5 Å². The average molecular weight is 219 g/mol. The summed E-state index contributed by atoms with van der Waals surface area (Å²) in [5.74, 6) is -1.13. The minimum Gasteiger partial charge on any atom is -0.504 e. The van der Waals surface area contributed by atoms with Crippen LogP contribution in [0.2, 0.25) is 0 Å². The molecular weight excluding hydrogens is 208 g/mol. The second kappa shape index (κ2) is 7.94. The van der Waals surface area contributed by atoms with Crippen molar-refractivity contribution in [2.45, 2.75) is 0 Å². The Morgan fingerprint density at radius 3 is 1.64 bits per heavy atom. The van der Waals surface area contributed by atoms with Crippen LogP contribution in [-0.2, 0) is 4.79 Å². The number of aliphatic carboxylic acids is 1. The molecule has 0 saturated carbocycles. The van der Waals surface area contributed by atoms with Crippen LogP contribution in [-0.4, -0.2) is 21.3 Å². The smallest absolute Gasteiger partial charge is 0.327 e. The van der Waals surface area contributed by atoms with Crippen molar-refractivity contribution in [1.29, 1.82) is 0 Å². The highest BCUT2D eigenvalue weighted by atomic mass is 35.5. The normalized spacial score (nSPS) is 7.43. The summed E-state index contributed by atoms with van der Waals surface area (Å²) in [6, 6.07) is 6.15. The summed E-state index contributed by atoms with van der Waals surface area (Å²) in [5.41, 5.74) is 0. The predicted octanol–water partition coefficient (Wildman–Crippen LogP) is 1.78. The summed E-state index contributed by atoms with van der Waals surface area (Å²) in [6.45, 7) is 2.96. The molecule has 4 nitrogen and oxygen atoms in total. The van der Waals surface area contributed by atoms with E-state index in [0.29, 0.717) is 0 Å². The van der Waals surface area contributed by atoms with Crippen molar-refractivity contribution in [2.75, 3.05) is 0 Å². The third-order valence-electron chi connectivity index (χ3n) is 1.06. The molecule has 78 valence electrons. The minimum absolute atomic E-state index is 0. The van der Waals surface area contributed by atoms with E-state index in [9.17, 15) is 4.79 Å². The van der Waals surface area contributed by atoms with Crippen molar-refractivity contribution in [3.8, 4) is 11.5 Å². The Balaban J connectivity index is 0. The van der Waals surface area contributed by atoms with Crippen molar-refractivity contribution in [2.24, 2.45) is 0 Å². The standard InChI is InChI=1S/C6H6O2.C3H4O2.ClH/c7-5-3-1-2-4-6(5)8;1-2-3(4)5;/h1-4,7-8H;2H,1H2,(H,4,5);1H. The Kier molecular flexibility index (Phi) is 8.41. The summed E-state index contributed by atoms with van der Waals surface area (Å²) in [4.78, 5) is 9.25. The van der Waals surface area contributed by atoms with Crippen molar-refractivity contribution < 1.29 is 20.1 Å². The molecule has 0 saturated heterocycles. The Bertz CT molecular complexity index is 278. The van der Waals surface area contributed by atoms with Gasteiger partial charge in [-0.15, -0.1) is 12.4 Å². The molecule has 0 atom stereocenters. The van der Waals surface area contributed by atoms with E-state index in [1.807, 2.05) is 0 Å². The zero-order chi connectivity index (χ0) is 10.3. The number of benzene rings is 1. The van der Waals surface area contributed by atoms with E-state index in [1.165, 1.54) is 12.1 Å². The highest BCUT2D eigenvalue weighted by Gasteiger charge is 1.90. The predicted molar refractivity (Wildman–Crippen MR) is 54.9 cm³/mol. The van der Waals surface area contributed by atoms with Gasteiger partial charge in [-0.1, -0.05) is 18.7 Å². The third kappa shape index (κ3) is 7.00. The largest absolute Gasteiger partial charge is 0.504 e. The minimum atomic E-state index is -0.981. The van der Waals surface area contributed by atoms with Gasteiger partial charge in [-0.05, 0) is 12.1 Å². The number of para-hydroxylation sites is 2. The van der Waals surface area contributed by atoms with Gasteiger partial charge in [0.25, 0.3) is 0 Å². The Labute approximate surface area is 87.5 Å². The second-order valence-corrected chi connectivity index (χ2v) is 2.03. The highest BCUT2D eigenvalue weighted by molar-refractivity contribution is 5.85. The fourth-order valence-electron chi connectivity index (χ4n) is 0.464. The molecule has 0 aliphatic rings. The first-order valence-corrected chi connectivity index (χ1v) is 3.40. The van der Waals surface area contributed by atoms with Crippen LogP contribution in [0.1, 0.15) is 0 Å². The number of phenolic OH excluding ortho intramolecular Hbond substituents is 2. The van der Waals surface area contributed by atoms with Gasteiger partial charge in [-0.2, -0.15) is 0 Å². The van der Waals surface area contributed by atoms with Crippen LogP contribution in [0.3, 0.4) is 0 Å². The number of hydrogen-bond donors (Lipinski definition) is 3. The third-order valence-corrected chi connectivity index (χ3v) is 1.06. The first kappa shape index (κ1) is 14.8. The van der Waals surface area contributed by atoms with Gasteiger partial charge in [0.2, 0.25) is 0 Å². The van der Waals surface area contributed by atoms with Gasteiger partial charge in [-0.3, -0.25) is 0 Å². The zero-order valence-corrected chi connectivity index (χ0v) is 8.07. The van der Waals surface area contributed by atoms with Gasteiger partial charge in [-0.25, -0.2) is 4.79 Å².